The fourth-order valence-electron chi connectivity index (χ4n) is 5.64. The zero-order valence-corrected chi connectivity index (χ0v) is 19.9. The van der Waals surface area contributed by atoms with Gasteiger partial charge in [-0.15, -0.1) is 11.8 Å². The first-order chi connectivity index (χ1) is 15.8. The Balaban J connectivity index is 1.67. The second-order valence-electron chi connectivity index (χ2n) is 8.93. The van der Waals surface area contributed by atoms with E-state index in [0.29, 0.717) is 17.3 Å². The lowest BCUT2D eigenvalue weighted by atomic mass is 9.78. The molecule has 1 aromatic carbocycles. The van der Waals surface area contributed by atoms with Gasteiger partial charge in [0.1, 0.15) is 12.6 Å². The molecule has 4 heterocycles. The van der Waals surface area contributed by atoms with Crippen LogP contribution in [0.25, 0.3) is 0 Å². The Morgan fingerprint density at radius 3 is 2.79 bits per heavy atom. The van der Waals surface area contributed by atoms with E-state index >= 15 is 0 Å². The molecule has 2 amide bonds. The molecule has 1 spiro atoms. The first-order valence-electron chi connectivity index (χ1n) is 11.0. The summed E-state index contributed by atoms with van der Waals surface area (Å²) >= 11 is 7.98. The Labute approximate surface area is 201 Å². The van der Waals surface area contributed by atoms with Crippen LogP contribution in [0.3, 0.4) is 0 Å². The number of aryl methyl sites for hydroxylation is 1. The Morgan fingerprint density at radius 1 is 1.27 bits per heavy atom. The maximum Gasteiger partial charge on any atom is 0.311 e. The third-order valence-corrected chi connectivity index (χ3v) is 9.10. The van der Waals surface area contributed by atoms with E-state index in [9.17, 15) is 19.5 Å². The van der Waals surface area contributed by atoms with Crippen LogP contribution in [0.4, 0.5) is 5.69 Å². The number of thioether (sulfide) groups is 1. The van der Waals surface area contributed by atoms with E-state index in [-0.39, 0.29) is 30.3 Å². The number of aliphatic hydroxyl groups is 1. The maximum atomic E-state index is 14.2. The van der Waals surface area contributed by atoms with Gasteiger partial charge < -0.3 is 19.6 Å². The van der Waals surface area contributed by atoms with Crippen molar-refractivity contribution in [2.75, 3.05) is 24.7 Å². The average Bonchev–Trinajstić information content (AvgIpc) is 3.09. The number of amides is 2. The second-order valence-corrected chi connectivity index (χ2v) is 10.8. The molecule has 0 saturated carbocycles. The zero-order chi connectivity index (χ0) is 23.5. The molecule has 7 nitrogen and oxygen atoms in total. The number of aliphatic hydroxyl groups excluding tert-OH is 1. The number of carbonyl (C=O) groups excluding carboxylic acids is 3. The van der Waals surface area contributed by atoms with Gasteiger partial charge in [0.25, 0.3) is 5.91 Å². The summed E-state index contributed by atoms with van der Waals surface area (Å²) in [5.41, 5.74) is 1.45. The molecule has 0 radical (unpaired) electrons. The number of rotatable bonds is 3. The molecule has 1 aromatic rings. The van der Waals surface area contributed by atoms with Crippen molar-refractivity contribution in [2.24, 2.45) is 11.8 Å². The number of carbonyl (C=O) groups is 3. The lowest BCUT2D eigenvalue weighted by Crippen LogP contribution is -2.56. The predicted molar refractivity (Wildman–Crippen MR) is 126 cm³/mol. The summed E-state index contributed by atoms with van der Waals surface area (Å²) in [5, 5.41) is 10.1. The summed E-state index contributed by atoms with van der Waals surface area (Å²) in [7, 11) is 0. The van der Waals surface area contributed by atoms with Crippen LogP contribution in [0.1, 0.15) is 12.5 Å². The second kappa shape index (κ2) is 8.18. The number of likely N-dealkylation sites (tertiary alicyclic amines) is 1. The van der Waals surface area contributed by atoms with E-state index < -0.39 is 34.6 Å². The average molecular weight is 489 g/mol. The highest BCUT2D eigenvalue weighted by Gasteiger charge is 2.71. The first-order valence-corrected chi connectivity index (χ1v) is 12.3. The predicted octanol–water partition coefficient (Wildman–Crippen LogP) is 2.34. The summed E-state index contributed by atoms with van der Waals surface area (Å²) in [6.45, 7) is 3.77. The van der Waals surface area contributed by atoms with Crippen LogP contribution in [-0.2, 0) is 19.1 Å². The molecule has 4 aliphatic rings. The van der Waals surface area contributed by atoms with Gasteiger partial charge in [0.2, 0.25) is 5.91 Å². The normalized spacial score (nSPS) is 33.9. The molecule has 9 heteroatoms. The molecule has 4 aliphatic heterocycles. The quantitative estimate of drug-likeness (QED) is 0.519. The van der Waals surface area contributed by atoms with E-state index in [1.54, 1.807) is 24.0 Å². The van der Waals surface area contributed by atoms with Gasteiger partial charge in [-0.25, -0.2) is 0 Å². The van der Waals surface area contributed by atoms with E-state index in [1.165, 1.54) is 16.7 Å². The maximum absolute atomic E-state index is 14.2. The van der Waals surface area contributed by atoms with Crippen molar-refractivity contribution in [2.45, 2.75) is 35.9 Å². The van der Waals surface area contributed by atoms with E-state index in [1.807, 2.05) is 37.3 Å². The lowest BCUT2D eigenvalue weighted by molar-refractivity contribution is -0.152. The minimum Gasteiger partial charge on any atom is -0.461 e. The van der Waals surface area contributed by atoms with Crippen LogP contribution in [-0.4, -0.2) is 69.6 Å². The summed E-state index contributed by atoms with van der Waals surface area (Å²) in [6, 6.07) is 3.98. The smallest absolute Gasteiger partial charge is 0.311 e. The zero-order valence-electron chi connectivity index (χ0n) is 18.3. The van der Waals surface area contributed by atoms with Gasteiger partial charge >= 0.3 is 5.97 Å². The number of halogens is 1. The Hall–Kier alpha value is -2.29. The van der Waals surface area contributed by atoms with E-state index in [4.69, 9.17) is 16.3 Å². The first kappa shape index (κ1) is 22.5. The van der Waals surface area contributed by atoms with Gasteiger partial charge in [0, 0.05) is 11.8 Å². The number of anilines is 1. The number of para-hydroxylation sites is 1. The molecule has 2 saturated heterocycles. The summed E-state index contributed by atoms with van der Waals surface area (Å²) in [4.78, 5) is 44.0. The molecular formula is C24H25ClN2O5S. The third kappa shape index (κ3) is 3.18. The van der Waals surface area contributed by atoms with Crippen molar-refractivity contribution in [3.63, 3.8) is 0 Å². The molecule has 1 N–H and O–H groups in total. The van der Waals surface area contributed by atoms with Crippen LogP contribution in [0.5, 0.6) is 0 Å². The monoisotopic (exact) mass is 488 g/mol. The molecule has 5 rings (SSSR count). The van der Waals surface area contributed by atoms with Crippen LogP contribution < -0.4 is 4.90 Å². The van der Waals surface area contributed by atoms with Crippen molar-refractivity contribution < 1.29 is 24.2 Å². The number of hydrogen-bond donors (Lipinski definition) is 1. The SMILES string of the molecule is Cc1cccc(Cl)c1N1CC=C[C@]23S[C@H]4C=CCOC(=O)[C@H]4[C@H]2C(=O)N([C@H](C)CO)C3C1=O. The molecule has 174 valence electrons. The number of hydrogen-bond acceptors (Lipinski definition) is 6. The van der Waals surface area contributed by atoms with Crippen molar-refractivity contribution in [1.82, 2.24) is 4.90 Å². The number of nitrogens with zero attached hydrogens (tertiary/aromatic N) is 2. The number of esters is 1. The number of benzene rings is 1. The van der Waals surface area contributed by atoms with Crippen LogP contribution >= 0.6 is 23.4 Å². The Kier molecular flexibility index (Phi) is 5.58. The van der Waals surface area contributed by atoms with Gasteiger partial charge in [-0.1, -0.05) is 48.0 Å². The fourth-order valence-corrected chi connectivity index (χ4v) is 7.95. The van der Waals surface area contributed by atoms with Crippen molar-refractivity contribution in [3.05, 3.63) is 53.1 Å². The standard InChI is InChI=1S/C24H25ClN2O5S/c1-13-6-3-7-15(25)19(13)26-10-5-9-24-18(17-16(33-24)8-4-11-32-23(17)31)21(29)27(14(2)12-28)20(24)22(26)30/h3-9,14,16-18,20,28H,10-12H2,1-2H3/t14-,16+,17-,18+,20?,24+/m1/s1. The van der Waals surface area contributed by atoms with Crippen molar-refractivity contribution in [1.29, 1.82) is 0 Å². The van der Waals surface area contributed by atoms with Crippen molar-refractivity contribution >= 4 is 46.8 Å². The summed E-state index contributed by atoms with van der Waals surface area (Å²) in [6.07, 6.45) is 7.52. The van der Waals surface area contributed by atoms with Gasteiger partial charge in [-0.3, -0.25) is 14.4 Å². The molecule has 0 aliphatic carbocycles. The van der Waals surface area contributed by atoms with Crippen LogP contribution in [0, 0.1) is 18.8 Å². The fraction of sp³-hybridized carbons (Fsp3) is 0.458. The summed E-state index contributed by atoms with van der Waals surface area (Å²) < 4.78 is 4.41. The molecule has 2 fully saturated rings. The lowest BCUT2D eigenvalue weighted by Gasteiger charge is -2.37. The Bertz CT molecular complexity index is 1070. The largest absolute Gasteiger partial charge is 0.461 e. The molecule has 6 atom stereocenters. The topological polar surface area (TPSA) is 87.2 Å². The third-order valence-electron chi connectivity index (χ3n) is 7.05. The number of fused-ring (bicyclic) bond motifs is 2. The summed E-state index contributed by atoms with van der Waals surface area (Å²) in [5.74, 6) is -2.44. The van der Waals surface area contributed by atoms with Gasteiger partial charge in [-0.05, 0) is 25.5 Å². The molecule has 1 unspecified atom stereocenters. The van der Waals surface area contributed by atoms with Gasteiger partial charge in [-0.2, -0.15) is 0 Å². The number of ether oxygens (including phenoxy) is 1. The van der Waals surface area contributed by atoms with Crippen molar-refractivity contribution in [3.8, 4) is 0 Å². The molecule has 0 aromatic heterocycles. The van der Waals surface area contributed by atoms with Crippen LogP contribution in [0.2, 0.25) is 5.02 Å². The highest BCUT2D eigenvalue weighted by Crippen LogP contribution is 2.61. The number of cyclic esters (lactones) is 1. The van der Waals surface area contributed by atoms with Gasteiger partial charge in [0.05, 0.1) is 39.9 Å². The van der Waals surface area contributed by atoms with E-state index in [2.05, 4.69) is 0 Å². The highest BCUT2D eigenvalue weighted by atomic mass is 35.5. The van der Waals surface area contributed by atoms with Gasteiger partial charge in [0.15, 0.2) is 0 Å². The molecule has 0 bridgehead atoms. The highest BCUT2D eigenvalue weighted by molar-refractivity contribution is 8.02. The minimum atomic E-state index is -0.947. The minimum absolute atomic E-state index is 0.175. The Morgan fingerprint density at radius 2 is 2.06 bits per heavy atom. The van der Waals surface area contributed by atoms with Crippen LogP contribution in [0.15, 0.2) is 42.5 Å². The molecular weight excluding hydrogens is 464 g/mol. The van der Waals surface area contributed by atoms with E-state index in [0.717, 1.165) is 5.56 Å². The molecule has 33 heavy (non-hydrogen) atoms.